The summed E-state index contributed by atoms with van der Waals surface area (Å²) in [5.74, 6) is 0. The normalized spacial score (nSPS) is 10.3. The van der Waals surface area contributed by atoms with Gasteiger partial charge >= 0.3 is 0 Å². The third-order valence-corrected chi connectivity index (χ3v) is 0.471. The summed E-state index contributed by atoms with van der Waals surface area (Å²) < 4.78 is 0. The molecule has 5 N–H and O–H groups in total. The lowest BCUT2D eigenvalue weighted by Crippen LogP contribution is -2.32. The highest BCUT2D eigenvalue weighted by atomic mass is 16.5. The summed E-state index contributed by atoms with van der Waals surface area (Å²) in [6, 6.07) is 0. The molecule has 0 heterocycles. The highest BCUT2D eigenvalue weighted by Gasteiger charge is 1.88. The summed E-state index contributed by atoms with van der Waals surface area (Å²) in [6.45, 7) is 0.843. The summed E-state index contributed by atoms with van der Waals surface area (Å²) in [5, 5.41) is 18.4. The van der Waals surface area contributed by atoms with E-state index in [0.29, 0.717) is 13.1 Å². The number of aliphatic hydroxyl groups excluding tert-OH is 1. The van der Waals surface area contributed by atoms with Gasteiger partial charge < -0.3 is 15.9 Å². The van der Waals surface area contributed by atoms with E-state index in [4.69, 9.17) is 15.9 Å². The minimum atomic E-state index is -1.43. The van der Waals surface area contributed by atoms with Gasteiger partial charge in [0.1, 0.15) is 0 Å². The molecule has 0 aromatic carbocycles. The van der Waals surface area contributed by atoms with Crippen molar-refractivity contribution in [3.8, 4) is 0 Å². The van der Waals surface area contributed by atoms with Crippen LogP contribution in [0.1, 0.15) is 0 Å². The Balaban J connectivity index is 2.68. The van der Waals surface area contributed by atoms with Crippen molar-refractivity contribution in [1.82, 2.24) is 5.32 Å². The first-order valence-electron chi connectivity index (χ1n) is 2.07. The van der Waals surface area contributed by atoms with Gasteiger partial charge in [-0.3, -0.25) is 5.32 Å². The summed E-state index contributed by atoms with van der Waals surface area (Å²) in [5.41, 5.74) is 4.99. The predicted molar refractivity (Wildman–Crippen MR) is 25.3 cm³/mol. The lowest BCUT2D eigenvalue weighted by atomic mass is 10.6. The maximum atomic E-state index is 8.07. The first-order chi connectivity index (χ1) is 3.27. The van der Waals surface area contributed by atoms with Gasteiger partial charge in [-0.05, 0) is 0 Å². The molecule has 0 saturated carbocycles. The van der Waals surface area contributed by atoms with E-state index in [0.717, 1.165) is 0 Å². The van der Waals surface area contributed by atoms with E-state index >= 15 is 0 Å². The summed E-state index contributed by atoms with van der Waals surface area (Å²) >= 11 is 0. The fraction of sp³-hybridized carbons (Fsp3) is 1.00. The van der Waals surface area contributed by atoms with Gasteiger partial charge in [0.2, 0.25) is 6.41 Å². The van der Waals surface area contributed by atoms with Crippen molar-refractivity contribution in [3.63, 3.8) is 0 Å². The van der Waals surface area contributed by atoms with Crippen molar-refractivity contribution in [2.75, 3.05) is 13.1 Å². The van der Waals surface area contributed by atoms with Gasteiger partial charge in [-0.25, -0.2) is 0 Å². The second kappa shape index (κ2) is 4.01. The monoisotopic (exact) mass is 106 g/mol. The Kier molecular flexibility index (Phi) is 3.92. The fourth-order valence-electron chi connectivity index (χ4n) is 0.212. The van der Waals surface area contributed by atoms with Gasteiger partial charge in [-0.2, -0.15) is 0 Å². The Labute approximate surface area is 41.9 Å². The SMILES string of the molecule is NCCNC(O)O. The molecule has 0 fully saturated rings. The summed E-state index contributed by atoms with van der Waals surface area (Å²) in [4.78, 5) is 0. The third kappa shape index (κ3) is 5.84. The Hall–Kier alpha value is -0.160. The molecule has 0 aromatic heterocycles. The fourth-order valence-corrected chi connectivity index (χ4v) is 0.212. The molecule has 0 radical (unpaired) electrons. The molecular weight excluding hydrogens is 96.0 g/mol. The molecule has 0 aliphatic heterocycles. The van der Waals surface area contributed by atoms with Crippen molar-refractivity contribution in [3.05, 3.63) is 0 Å². The molecule has 0 aliphatic rings. The van der Waals surface area contributed by atoms with E-state index in [-0.39, 0.29) is 0 Å². The molecule has 0 saturated heterocycles. The van der Waals surface area contributed by atoms with E-state index in [9.17, 15) is 0 Å². The highest BCUT2D eigenvalue weighted by molar-refractivity contribution is 4.39. The zero-order chi connectivity index (χ0) is 5.70. The van der Waals surface area contributed by atoms with Crippen molar-refractivity contribution >= 4 is 0 Å². The maximum Gasteiger partial charge on any atom is 0.211 e. The largest absolute Gasteiger partial charge is 0.356 e. The Morgan fingerprint density at radius 2 is 2.14 bits per heavy atom. The van der Waals surface area contributed by atoms with Crippen molar-refractivity contribution in [2.24, 2.45) is 5.73 Å². The second-order valence-electron chi connectivity index (χ2n) is 1.12. The predicted octanol–water partition coefficient (Wildman–Crippen LogP) is -2.20. The van der Waals surface area contributed by atoms with Gasteiger partial charge in [0, 0.05) is 13.1 Å². The van der Waals surface area contributed by atoms with E-state index < -0.39 is 6.41 Å². The van der Waals surface area contributed by atoms with Crippen LogP contribution >= 0.6 is 0 Å². The number of nitrogens with two attached hydrogens (primary N) is 1. The number of hydrogen-bond acceptors (Lipinski definition) is 4. The van der Waals surface area contributed by atoms with Crippen LogP contribution in [0.2, 0.25) is 0 Å². The maximum absolute atomic E-state index is 8.07. The number of nitrogens with one attached hydrogen (secondary N) is 1. The average Bonchev–Trinajstić information content (AvgIpc) is 1.61. The van der Waals surface area contributed by atoms with Crippen LogP contribution in [0.3, 0.4) is 0 Å². The van der Waals surface area contributed by atoms with Crippen LogP contribution < -0.4 is 11.1 Å². The van der Waals surface area contributed by atoms with Crippen molar-refractivity contribution in [2.45, 2.75) is 6.41 Å². The van der Waals surface area contributed by atoms with Crippen molar-refractivity contribution < 1.29 is 10.2 Å². The van der Waals surface area contributed by atoms with Crippen LogP contribution in [0.15, 0.2) is 0 Å². The van der Waals surface area contributed by atoms with Gasteiger partial charge in [-0.15, -0.1) is 0 Å². The molecule has 0 amide bonds. The lowest BCUT2D eigenvalue weighted by molar-refractivity contribution is -0.0647. The van der Waals surface area contributed by atoms with Crippen LogP contribution in [0.4, 0.5) is 0 Å². The van der Waals surface area contributed by atoms with Crippen LogP contribution in [0.25, 0.3) is 0 Å². The lowest BCUT2D eigenvalue weighted by Gasteiger charge is -2.01. The van der Waals surface area contributed by atoms with E-state index in [1.807, 2.05) is 0 Å². The molecule has 4 nitrogen and oxygen atoms in total. The molecule has 0 unspecified atom stereocenters. The van der Waals surface area contributed by atoms with Crippen LogP contribution in [-0.4, -0.2) is 29.7 Å². The van der Waals surface area contributed by atoms with Crippen molar-refractivity contribution in [1.29, 1.82) is 0 Å². The molecule has 0 spiro atoms. The molecule has 0 atom stereocenters. The van der Waals surface area contributed by atoms with E-state index in [2.05, 4.69) is 5.32 Å². The molecule has 44 valence electrons. The van der Waals surface area contributed by atoms with Gasteiger partial charge in [0.05, 0.1) is 0 Å². The summed E-state index contributed by atoms with van der Waals surface area (Å²) in [6.07, 6.45) is -1.43. The van der Waals surface area contributed by atoms with E-state index in [1.54, 1.807) is 0 Å². The first kappa shape index (κ1) is 6.84. The van der Waals surface area contributed by atoms with Gasteiger partial charge in [0.15, 0.2) is 0 Å². The standard InChI is InChI=1S/C3H10N2O2/c4-1-2-5-3(6)7/h3,5-7H,1-2,4H2. The number of aliphatic hydroxyl groups is 2. The molecular formula is C3H10N2O2. The molecule has 0 aliphatic carbocycles. The van der Waals surface area contributed by atoms with E-state index in [1.165, 1.54) is 0 Å². The zero-order valence-electron chi connectivity index (χ0n) is 3.96. The molecule has 4 heteroatoms. The molecule has 0 rings (SSSR count). The Morgan fingerprint density at radius 1 is 1.57 bits per heavy atom. The third-order valence-electron chi connectivity index (χ3n) is 0.471. The highest BCUT2D eigenvalue weighted by Crippen LogP contribution is 1.59. The van der Waals surface area contributed by atoms with Crippen LogP contribution in [0.5, 0.6) is 0 Å². The van der Waals surface area contributed by atoms with Gasteiger partial charge in [-0.1, -0.05) is 0 Å². The topological polar surface area (TPSA) is 78.5 Å². The average molecular weight is 106 g/mol. The number of rotatable bonds is 3. The molecule has 0 bridgehead atoms. The summed E-state index contributed by atoms with van der Waals surface area (Å²) in [7, 11) is 0. The van der Waals surface area contributed by atoms with Crippen LogP contribution in [0, 0.1) is 0 Å². The van der Waals surface area contributed by atoms with Crippen LogP contribution in [-0.2, 0) is 0 Å². The molecule has 0 aromatic rings. The minimum absolute atomic E-state index is 0.414. The molecule has 7 heavy (non-hydrogen) atoms. The Morgan fingerprint density at radius 3 is 2.29 bits per heavy atom. The smallest absolute Gasteiger partial charge is 0.211 e. The second-order valence-corrected chi connectivity index (χ2v) is 1.12. The minimum Gasteiger partial charge on any atom is -0.356 e. The van der Waals surface area contributed by atoms with Gasteiger partial charge in [0.25, 0.3) is 0 Å². The zero-order valence-corrected chi connectivity index (χ0v) is 3.96. The number of hydrogen-bond donors (Lipinski definition) is 4. The first-order valence-corrected chi connectivity index (χ1v) is 2.07. The quantitative estimate of drug-likeness (QED) is 0.308. The Bertz CT molecular complexity index is 39.9.